The lowest BCUT2D eigenvalue weighted by molar-refractivity contribution is -0.130. The number of hydrogen-bond donors (Lipinski definition) is 1. The molecule has 2 rings (SSSR count). The summed E-state index contributed by atoms with van der Waals surface area (Å²) in [5.41, 5.74) is 1.34. The largest absolute Gasteiger partial charge is 0.494 e. The van der Waals surface area contributed by atoms with Gasteiger partial charge in [-0.05, 0) is 48.4 Å². The monoisotopic (exact) mass is 374 g/mol. The number of ether oxygens (including phenoxy) is 2. The average molecular weight is 374 g/mol. The molecule has 2 amide bonds. The van der Waals surface area contributed by atoms with Gasteiger partial charge in [0.2, 0.25) is 5.91 Å². The van der Waals surface area contributed by atoms with Crippen molar-refractivity contribution in [3.05, 3.63) is 53.8 Å². The van der Waals surface area contributed by atoms with Crippen molar-refractivity contribution in [2.75, 3.05) is 33.1 Å². The van der Waals surface area contributed by atoms with Crippen molar-refractivity contribution in [3.8, 4) is 11.5 Å². The van der Waals surface area contributed by atoms with Crippen LogP contribution in [-0.2, 0) is 16.0 Å². The lowest BCUT2D eigenvalue weighted by atomic mass is 10.1. The fraction of sp³-hybridized carbons (Fsp3) is 0.300. The molecule has 0 aliphatic heterocycles. The van der Waals surface area contributed by atoms with E-state index in [1.807, 2.05) is 0 Å². The van der Waals surface area contributed by atoms with E-state index in [2.05, 4.69) is 5.32 Å². The molecule has 0 fully saturated rings. The Morgan fingerprint density at radius 2 is 1.81 bits per heavy atom. The van der Waals surface area contributed by atoms with Gasteiger partial charge in [-0.1, -0.05) is 6.07 Å². The molecule has 2 aromatic rings. The molecule has 0 atom stereocenters. The summed E-state index contributed by atoms with van der Waals surface area (Å²) in [7, 11) is 4.72. The third-order valence-electron chi connectivity index (χ3n) is 3.86. The second-order valence-corrected chi connectivity index (χ2v) is 6.12. The van der Waals surface area contributed by atoms with E-state index in [4.69, 9.17) is 9.47 Å². The maximum Gasteiger partial charge on any atom is 0.259 e. The zero-order valence-corrected chi connectivity index (χ0v) is 15.6. The van der Waals surface area contributed by atoms with E-state index in [-0.39, 0.29) is 30.6 Å². The Labute approximate surface area is 157 Å². The van der Waals surface area contributed by atoms with Crippen molar-refractivity contribution in [2.45, 2.75) is 12.8 Å². The Balaban J connectivity index is 1.81. The van der Waals surface area contributed by atoms with Gasteiger partial charge in [-0.3, -0.25) is 9.59 Å². The molecule has 0 unspecified atom stereocenters. The van der Waals surface area contributed by atoms with Crippen molar-refractivity contribution < 1.29 is 23.5 Å². The van der Waals surface area contributed by atoms with Crippen LogP contribution < -0.4 is 14.8 Å². The summed E-state index contributed by atoms with van der Waals surface area (Å²) in [5.74, 6) is -0.0431. The predicted octanol–water partition coefficient (Wildman–Crippen LogP) is 2.87. The van der Waals surface area contributed by atoms with E-state index in [0.29, 0.717) is 17.9 Å². The van der Waals surface area contributed by atoms with E-state index < -0.39 is 5.82 Å². The first-order valence-corrected chi connectivity index (χ1v) is 8.44. The highest BCUT2D eigenvalue weighted by molar-refractivity contribution is 5.90. The number of nitrogens with one attached hydrogen (secondary N) is 1. The van der Waals surface area contributed by atoms with Crippen LogP contribution in [-0.4, -0.2) is 44.5 Å². The van der Waals surface area contributed by atoms with E-state index in [1.165, 1.54) is 18.1 Å². The normalized spacial score (nSPS) is 10.2. The van der Waals surface area contributed by atoms with Gasteiger partial charge in [0.25, 0.3) is 5.91 Å². The van der Waals surface area contributed by atoms with Gasteiger partial charge in [0.1, 0.15) is 5.75 Å². The van der Waals surface area contributed by atoms with Crippen LogP contribution in [0.3, 0.4) is 0 Å². The Bertz CT molecular complexity index is 791. The first-order chi connectivity index (χ1) is 12.9. The number of likely N-dealkylation sites (N-methyl/N-ethyl adjacent to an activating group) is 1. The fourth-order valence-electron chi connectivity index (χ4n) is 2.26. The summed E-state index contributed by atoms with van der Waals surface area (Å²) in [6.45, 7) is -0.0445. The second kappa shape index (κ2) is 9.56. The molecule has 0 saturated carbocycles. The summed E-state index contributed by atoms with van der Waals surface area (Å²) in [6.07, 6.45) is 0.641. The smallest absolute Gasteiger partial charge is 0.259 e. The van der Waals surface area contributed by atoms with Gasteiger partial charge in [-0.2, -0.15) is 0 Å². The SMILES string of the molecule is COc1ccc(CCC(=O)Nc2ccc(OCC(=O)N(C)C)cc2)cc1F. The molecule has 0 spiro atoms. The second-order valence-electron chi connectivity index (χ2n) is 6.12. The Kier molecular flexibility index (Phi) is 7.16. The number of carbonyl (C=O) groups excluding carboxylic acids is 2. The zero-order valence-electron chi connectivity index (χ0n) is 15.6. The topological polar surface area (TPSA) is 67.9 Å². The van der Waals surface area contributed by atoms with Gasteiger partial charge >= 0.3 is 0 Å². The molecule has 6 nitrogen and oxygen atoms in total. The number of carbonyl (C=O) groups is 2. The van der Waals surface area contributed by atoms with Crippen molar-refractivity contribution in [1.82, 2.24) is 4.90 Å². The third kappa shape index (κ3) is 6.29. The fourth-order valence-corrected chi connectivity index (χ4v) is 2.26. The highest BCUT2D eigenvalue weighted by Gasteiger charge is 2.08. The van der Waals surface area contributed by atoms with Gasteiger partial charge < -0.3 is 19.7 Å². The number of benzene rings is 2. The number of rotatable bonds is 8. The van der Waals surface area contributed by atoms with E-state index >= 15 is 0 Å². The Morgan fingerprint density at radius 3 is 2.41 bits per heavy atom. The first-order valence-electron chi connectivity index (χ1n) is 8.44. The minimum atomic E-state index is -0.446. The van der Waals surface area contributed by atoms with Gasteiger partial charge in [0.15, 0.2) is 18.2 Å². The zero-order chi connectivity index (χ0) is 19.8. The van der Waals surface area contributed by atoms with E-state index in [0.717, 1.165) is 5.56 Å². The van der Waals surface area contributed by atoms with Crippen LogP contribution in [0.1, 0.15) is 12.0 Å². The van der Waals surface area contributed by atoms with Crippen LogP contribution in [0.4, 0.5) is 10.1 Å². The average Bonchev–Trinajstić information content (AvgIpc) is 2.65. The van der Waals surface area contributed by atoms with E-state index in [9.17, 15) is 14.0 Å². The lowest BCUT2D eigenvalue weighted by Gasteiger charge is -2.12. The molecule has 0 aromatic heterocycles. The van der Waals surface area contributed by atoms with Gasteiger partial charge in [0, 0.05) is 26.2 Å². The molecule has 2 aromatic carbocycles. The van der Waals surface area contributed by atoms with Crippen LogP contribution in [0.25, 0.3) is 0 Å². The number of halogens is 1. The molecular formula is C20H23FN2O4. The molecule has 0 saturated heterocycles. The van der Waals surface area contributed by atoms with Crippen molar-refractivity contribution >= 4 is 17.5 Å². The molecule has 27 heavy (non-hydrogen) atoms. The quantitative estimate of drug-likeness (QED) is 0.772. The predicted molar refractivity (Wildman–Crippen MR) is 101 cm³/mol. The van der Waals surface area contributed by atoms with Crippen molar-refractivity contribution in [3.63, 3.8) is 0 Å². The molecule has 0 aliphatic carbocycles. The lowest BCUT2D eigenvalue weighted by Crippen LogP contribution is -2.27. The maximum absolute atomic E-state index is 13.7. The number of hydrogen-bond acceptors (Lipinski definition) is 4. The summed E-state index contributed by atoms with van der Waals surface area (Å²) in [4.78, 5) is 25.0. The highest BCUT2D eigenvalue weighted by atomic mass is 19.1. The molecule has 0 aliphatic rings. The molecule has 0 bridgehead atoms. The summed E-state index contributed by atoms with van der Waals surface area (Å²) in [5, 5.41) is 2.77. The van der Waals surface area contributed by atoms with Gasteiger partial charge in [-0.25, -0.2) is 4.39 Å². The van der Waals surface area contributed by atoms with Crippen LogP contribution in [0.2, 0.25) is 0 Å². The Hall–Kier alpha value is -3.09. The summed E-state index contributed by atoms with van der Waals surface area (Å²) < 4.78 is 23.9. The number of nitrogens with zero attached hydrogens (tertiary/aromatic N) is 1. The number of anilines is 1. The van der Waals surface area contributed by atoms with Crippen LogP contribution in [0.5, 0.6) is 11.5 Å². The van der Waals surface area contributed by atoms with Crippen molar-refractivity contribution in [2.24, 2.45) is 0 Å². The number of aryl methyl sites for hydroxylation is 1. The van der Waals surface area contributed by atoms with Crippen molar-refractivity contribution in [1.29, 1.82) is 0 Å². The minimum absolute atomic E-state index is 0.0445. The Morgan fingerprint density at radius 1 is 1.11 bits per heavy atom. The third-order valence-corrected chi connectivity index (χ3v) is 3.86. The first kappa shape index (κ1) is 20.2. The van der Waals surface area contributed by atoms with Crippen LogP contribution in [0, 0.1) is 5.82 Å². The van der Waals surface area contributed by atoms with E-state index in [1.54, 1.807) is 50.5 Å². The maximum atomic E-state index is 13.7. The standard InChI is InChI=1S/C20H23FN2O4/c1-23(2)20(25)13-27-16-8-6-15(7-9-16)22-19(24)11-5-14-4-10-18(26-3)17(21)12-14/h4,6-10,12H,5,11,13H2,1-3H3,(H,22,24). The molecule has 7 heteroatoms. The summed E-state index contributed by atoms with van der Waals surface area (Å²) >= 11 is 0. The summed E-state index contributed by atoms with van der Waals surface area (Å²) in [6, 6.07) is 11.4. The van der Waals surface area contributed by atoms with Gasteiger partial charge in [-0.15, -0.1) is 0 Å². The molecule has 0 radical (unpaired) electrons. The highest BCUT2D eigenvalue weighted by Crippen LogP contribution is 2.19. The molecule has 144 valence electrons. The van der Waals surface area contributed by atoms with Crippen LogP contribution in [0.15, 0.2) is 42.5 Å². The minimum Gasteiger partial charge on any atom is -0.494 e. The van der Waals surface area contributed by atoms with Gasteiger partial charge in [0.05, 0.1) is 7.11 Å². The molecule has 1 N–H and O–H groups in total. The number of amides is 2. The van der Waals surface area contributed by atoms with Crippen LogP contribution >= 0.6 is 0 Å². The number of methoxy groups -OCH3 is 1. The molecule has 0 heterocycles. The molecular weight excluding hydrogens is 351 g/mol.